The molecule has 0 heterocycles. The fourth-order valence-electron chi connectivity index (χ4n) is 2.64. The van der Waals surface area contributed by atoms with E-state index in [1.165, 1.54) is 24.8 Å². The van der Waals surface area contributed by atoms with E-state index in [0.717, 1.165) is 5.92 Å². The van der Waals surface area contributed by atoms with Crippen LogP contribution in [-0.2, 0) is 0 Å². The molecule has 1 nitrogen and oxygen atoms in total. The zero-order valence-electron chi connectivity index (χ0n) is 13.3. The SMILES string of the molecule is CCC(C)CC(C)NC(CC(C)C)c1ccccc1. The summed E-state index contributed by atoms with van der Waals surface area (Å²) in [4.78, 5) is 0. The van der Waals surface area contributed by atoms with Crippen molar-refractivity contribution in [2.24, 2.45) is 11.8 Å². The second kappa shape index (κ2) is 8.37. The molecule has 1 heteroatoms. The number of nitrogens with one attached hydrogen (secondary N) is 1. The van der Waals surface area contributed by atoms with Crippen molar-refractivity contribution in [3.05, 3.63) is 35.9 Å². The molecule has 0 saturated carbocycles. The van der Waals surface area contributed by atoms with Crippen LogP contribution >= 0.6 is 0 Å². The standard InChI is InChI=1S/C18H31N/c1-6-15(4)13-16(5)19-18(12-14(2)3)17-10-8-7-9-11-17/h7-11,14-16,18-19H,6,12-13H2,1-5H3. The molecule has 1 aromatic carbocycles. The third-order valence-electron chi connectivity index (χ3n) is 3.85. The highest BCUT2D eigenvalue weighted by atomic mass is 14.9. The fourth-order valence-corrected chi connectivity index (χ4v) is 2.64. The highest BCUT2D eigenvalue weighted by molar-refractivity contribution is 5.19. The molecular formula is C18H31N. The maximum absolute atomic E-state index is 3.83. The summed E-state index contributed by atoms with van der Waals surface area (Å²) in [5.74, 6) is 1.52. The zero-order chi connectivity index (χ0) is 14.3. The number of rotatable bonds is 8. The van der Waals surface area contributed by atoms with Crippen LogP contribution in [0, 0.1) is 11.8 Å². The Morgan fingerprint density at radius 2 is 1.58 bits per heavy atom. The van der Waals surface area contributed by atoms with Crippen LogP contribution < -0.4 is 5.32 Å². The summed E-state index contributed by atoms with van der Waals surface area (Å²) < 4.78 is 0. The third-order valence-corrected chi connectivity index (χ3v) is 3.85. The summed E-state index contributed by atoms with van der Waals surface area (Å²) in [6.07, 6.45) is 3.74. The Labute approximate surface area is 119 Å². The van der Waals surface area contributed by atoms with Gasteiger partial charge in [0, 0.05) is 12.1 Å². The molecular weight excluding hydrogens is 230 g/mol. The molecule has 3 unspecified atom stereocenters. The molecule has 0 fully saturated rings. The van der Waals surface area contributed by atoms with Crippen LogP contribution in [0.4, 0.5) is 0 Å². The quantitative estimate of drug-likeness (QED) is 0.679. The molecule has 0 bridgehead atoms. The lowest BCUT2D eigenvalue weighted by Crippen LogP contribution is -2.32. The highest BCUT2D eigenvalue weighted by Gasteiger charge is 2.16. The molecule has 19 heavy (non-hydrogen) atoms. The molecule has 0 saturated heterocycles. The number of benzene rings is 1. The first-order chi connectivity index (χ1) is 9.02. The minimum absolute atomic E-state index is 0.486. The van der Waals surface area contributed by atoms with Crippen LogP contribution in [0.3, 0.4) is 0 Å². The molecule has 1 aromatic rings. The van der Waals surface area contributed by atoms with Gasteiger partial charge >= 0.3 is 0 Å². The van der Waals surface area contributed by atoms with Crippen LogP contribution in [0.2, 0.25) is 0 Å². The molecule has 0 spiro atoms. The largest absolute Gasteiger partial charge is 0.307 e. The Morgan fingerprint density at radius 1 is 0.947 bits per heavy atom. The number of hydrogen-bond donors (Lipinski definition) is 1. The molecule has 3 atom stereocenters. The van der Waals surface area contributed by atoms with Gasteiger partial charge < -0.3 is 5.32 Å². The summed E-state index contributed by atoms with van der Waals surface area (Å²) in [5.41, 5.74) is 1.42. The van der Waals surface area contributed by atoms with Crippen molar-refractivity contribution in [3.63, 3.8) is 0 Å². The minimum atomic E-state index is 0.486. The average Bonchev–Trinajstić information content (AvgIpc) is 2.38. The first kappa shape index (κ1) is 16.2. The number of hydrogen-bond acceptors (Lipinski definition) is 1. The Balaban J connectivity index is 2.65. The van der Waals surface area contributed by atoms with E-state index in [-0.39, 0.29) is 0 Å². The average molecular weight is 261 g/mol. The van der Waals surface area contributed by atoms with Crippen molar-refractivity contribution < 1.29 is 0 Å². The molecule has 0 aliphatic heterocycles. The summed E-state index contributed by atoms with van der Waals surface area (Å²) >= 11 is 0. The summed E-state index contributed by atoms with van der Waals surface area (Å²) in [6, 6.07) is 11.9. The molecule has 1 rings (SSSR count). The van der Waals surface area contributed by atoms with Gasteiger partial charge in [0.1, 0.15) is 0 Å². The first-order valence-corrected chi connectivity index (χ1v) is 7.83. The Morgan fingerprint density at radius 3 is 2.11 bits per heavy atom. The lowest BCUT2D eigenvalue weighted by Gasteiger charge is -2.26. The Kier molecular flexibility index (Phi) is 7.15. The van der Waals surface area contributed by atoms with Crippen LogP contribution in [0.5, 0.6) is 0 Å². The fraction of sp³-hybridized carbons (Fsp3) is 0.667. The van der Waals surface area contributed by atoms with Gasteiger partial charge in [0.05, 0.1) is 0 Å². The lowest BCUT2D eigenvalue weighted by atomic mass is 9.94. The zero-order valence-corrected chi connectivity index (χ0v) is 13.3. The monoisotopic (exact) mass is 261 g/mol. The lowest BCUT2D eigenvalue weighted by molar-refractivity contribution is 0.344. The molecule has 0 radical (unpaired) electrons. The van der Waals surface area contributed by atoms with Crippen molar-refractivity contribution >= 4 is 0 Å². The van der Waals surface area contributed by atoms with Crippen molar-refractivity contribution in [1.29, 1.82) is 0 Å². The van der Waals surface area contributed by atoms with E-state index in [2.05, 4.69) is 70.3 Å². The van der Waals surface area contributed by atoms with E-state index in [4.69, 9.17) is 0 Å². The van der Waals surface area contributed by atoms with Crippen LogP contribution in [-0.4, -0.2) is 6.04 Å². The van der Waals surface area contributed by atoms with Crippen molar-refractivity contribution in [3.8, 4) is 0 Å². The van der Waals surface area contributed by atoms with Gasteiger partial charge in [-0.05, 0) is 37.2 Å². The summed E-state index contributed by atoms with van der Waals surface area (Å²) in [5, 5.41) is 3.83. The summed E-state index contributed by atoms with van der Waals surface area (Å²) in [6.45, 7) is 11.6. The molecule has 0 aliphatic carbocycles. The van der Waals surface area contributed by atoms with Gasteiger partial charge in [-0.2, -0.15) is 0 Å². The maximum atomic E-state index is 3.83. The molecule has 0 aliphatic rings. The second-order valence-electron chi connectivity index (χ2n) is 6.41. The Hall–Kier alpha value is -0.820. The van der Waals surface area contributed by atoms with E-state index in [9.17, 15) is 0 Å². The minimum Gasteiger partial charge on any atom is -0.307 e. The predicted octanol–water partition coefficient (Wildman–Crippen LogP) is 5.19. The molecule has 108 valence electrons. The molecule has 1 N–H and O–H groups in total. The van der Waals surface area contributed by atoms with E-state index in [1.807, 2.05) is 0 Å². The van der Waals surface area contributed by atoms with Gasteiger partial charge in [-0.25, -0.2) is 0 Å². The smallest absolute Gasteiger partial charge is 0.0324 e. The molecule has 0 amide bonds. The third kappa shape index (κ3) is 6.24. The van der Waals surface area contributed by atoms with Crippen molar-refractivity contribution in [2.45, 2.75) is 66.0 Å². The van der Waals surface area contributed by atoms with Gasteiger partial charge in [0.15, 0.2) is 0 Å². The van der Waals surface area contributed by atoms with E-state index in [0.29, 0.717) is 18.0 Å². The maximum Gasteiger partial charge on any atom is 0.0324 e. The van der Waals surface area contributed by atoms with Gasteiger partial charge in [0.25, 0.3) is 0 Å². The normalized spacial score (nSPS) is 16.3. The van der Waals surface area contributed by atoms with Crippen molar-refractivity contribution in [1.82, 2.24) is 5.32 Å². The van der Waals surface area contributed by atoms with Gasteiger partial charge in [0.2, 0.25) is 0 Å². The van der Waals surface area contributed by atoms with Crippen LogP contribution in [0.1, 0.15) is 65.5 Å². The second-order valence-corrected chi connectivity index (χ2v) is 6.41. The van der Waals surface area contributed by atoms with Gasteiger partial charge in [-0.15, -0.1) is 0 Å². The van der Waals surface area contributed by atoms with E-state index in [1.54, 1.807) is 0 Å². The summed E-state index contributed by atoms with van der Waals surface area (Å²) in [7, 11) is 0. The van der Waals surface area contributed by atoms with Gasteiger partial charge in [-0.3, -0.25) is 0 Å². The van der Waals surface area contributed by atoms with Crippen LogP contribution in [0.25, 0.3) is 0 Å². The topological polar surface area (TPSA) is 12.0 Å². The van der Waals surface area contributed by atoms with Crippen LogP contribution in [0.15, 0.2) is 30.3 Å². The predicted molar refractivity (Wildman–Crippen MR) is 85.3 cm³/mol. The molecule has 0 aromatic heterocycles. The van der Waals surface area contributed by atoms with E-state index < -0.39 is 0 Å². The first-order valence-electron chi connectivity index (χ1n) is 7.83. The highest BCUT2D eigenvalue weighted by Crippen LogP contribution is 2.23. The Bertz CT molecular complexity index is 331. The van der Waals surface area contributed by atoms with Crippen molar-refractivity contribution in [2.75, 3.05) is 0 Å². The van der Waals surface area contributed by atoms with E-state index >= 15 is 0 Å². The van der Waals surface area contributed by atoms with Gasteiger partial charge in [-0.1, -0.05) is 64.4 Å².